The van der Waals surface area contributed by atoms with E-state index in [9.17, 15) is 0 Å². The van der Waals surface area contributed by atoms with Crippen molar-refractivity contribution in [2.24, 2.45) is 0 Å². The molecule has 0 N–H and O–H groups in total. The van der Waals surface area contributed by atoms with Crippen molar-refractivity contribution < 1.29 is 0 Å². The summed E-state index contributed by atoms with van der Waals surface area (Å²) in [6.45, 7) is 38.5. The highest BCUT2D eigenvalue weighted by molar-refractivity contribution is 7.05. The monoisotopic (exact) mass is 414 g/mol. The summed E-state index contributed by atoms with van der Waals surface area (Å²) in [7, 11) is -6.58. The third-order valence-corrected chi connectivity index (χ3v) is 24.2. The zero-order chi connectivity index (χ0) is 19.9. The molecule has 0 unspecified atom stereocenters. The van der Waals surface area contributed by atoms with Crippen LogP contribution in [0.2, 0.25) is 103 Å². The van der Waals surface area contributed by atoms with E-state index >= 15 is 0 Å². The van der Waals surface area contributed by atoms with Crippen LogP contribution >= 0.6 is 0 Å². The molecule has 0 spiro atoms. The standard InChI is InChI=1S/C19H46Si5/c1-20(2,3)17(19(23(10,11)12)24(13,14)15)16-18(21(4,5)6)22(7,8)9/h19H,1-15H3. The molecule has 0 aliphatic carbocycles. The lowest BCUT2D eigenvalue weighted by Gasteiger charge is -2.44. The molecule has 0 nitrogen and oxygen atoms in total. The Balaban J connectivity index is 7.09. The molecular formula is C19H46Si5. The molecule has 5 heteroatoms. The van der Waals surface area contributed by atoms with Gasteiger partial charge < -0.3 is 0 Å². The van der Waals surface area contributed by atoms with Crippen LogP contribution in [0, 0.1) is 0 Å². The fraction of sp³-hybridized carbons (Fsp3) is 0.842. The average molecular weight is 415 g/mol. The van der Waals surface area contributed by atoms with Crippen molar-refractivity contribution in [1.82, 2.24) is 0 Å². The number of hydrogen-bond acceptors (Lipinski definition) is 0. The van der Waals surface area contributed by atoms with E-state index in [1.807, 2.05) is 0 Å². The Bertz CT molecular complexity index is 474. The molecule has 0 saturated carbocycles. The Hall–Kier alpha value is 0.604. The van der Waals surface area contributed by atoms with Gasteiger partial charge in [-0.2, -0.15) is 0 Å². The van der Waals surface area contributed by atoms with Crippen LogP contribution in [-0.4, -0.2) is 40.4 Å². The highest BCUT2D eigenvalue weighted by Gasteiger charge is 2.44. The van der Waals surface area contributed by atoms with Gasteiger partial charge in [-0.1, -0.05) is 103 Å². The Kier molecular flexibility index (Phi) is 7.50. The molecule has 0 heterocycles. The quantitative estimate of drug-likeness (QED) is 0.309. The molecule has 0 atom stereocenters. The van der Waals surface area contributed by atoms with Gasteiger partial charge in [0, 0.05) is 16.1 Å². The van der Waals surface area contributed by atoms with Gasteiger partial charge in [0.05, 0.1) is 24.2 Å². The van der Waals surface area contributed by atoms with Gasteiger partial charge in [-0.3, -0.25) is 0 Å². The molecule has 0 aliphatic rings. The van der Waals surface area contributed by atoms with Gasteiger partial charge in [0.15, 0.2) is 0 Å². The Morgan fingerprint density at radius 2 is 0.792 bits per heavy atom. The van der Waals surface area contributed by atoms with Crippen molar-refractivity contribution in [3.8, 4) is 0 Å². The van der Waals surface area contributed by atoms with Gasteiger partial charge in [-0.25, -0.2) is 0 Å². The molecule has 0 amide bonds. The summed E-state index contributed by atoms with van der Waals surface area (Å²) in [6, 6.07) is 0. The zero-order valence-electron chi connectivity index (χ0n) is 19.6. The van der Waals surface area contributed by atoms with Crippen molar-refractivity contribution in [3.05, 3.63) is 15.7 Å². The first-order chi connectivity index (χ1) is 10.1. The first-order valence-corrected chi connectivity index (χ1v) is 27.3. The van der Waals surface area contributed by atoms with Gasteiger partial charge in [0.1, 0.15) is 0 Å². The van der Waals surface area contributed by atoms with Crippen LogP contribution in [0.15, 0.2) is 15.7 Å². The Morgan fingerprint density at radius 3 is 0.958 bits per heavy atom. The molecule has 0 saturated heterocycles. The molecule has 0 bridgehead atoms. The van der Waals surface area contributed by atoms with E-state index in [2.05, 4.69) is 104 Å². The first kappa shape index (κ1) is 24.6. The number of hydrogen-bond donors (Lipinski definition) is 0. The molecule has 0 fully saturated rings. The summed E-state index contributed by atoms with van der Waals surface area (Å²) in [5.41, 5.74) is 4.28. The largest absolute Gasteiger partial charge is 0.136 e. The molecule has 24 heavy (non-hydrogen) atoms. The number of rotatable bonds is 6. The molecule has 0 radical (unpaired) electrons. The molecular weight excluding hydrogens is 369 g/mol. The Morgan fingerprint density at radius 1 is 0.500 bits per heavy atom. The lowest BCUT2D eigenvalue weighted by molar-refractivity contribution is 1.25. The molecule has 0 aromatic rings. The molecule has 0 aromatic carbocycles. The summed E-state index contributed by atoms with van der Waals surface area (Å²) in [6.07, 6.45) is 0. The second-order valence-electron chi connectivity index (χ2n) is 12.8. The summed E-state index contributed by atoms with van der Waals surface area (Å²) in [5, 5.41) is 2.67. The molecule has 0 rings (SSSR count). The SMILES string of the molecule is C[Si](C)(C)C(=C=C([Si](C)(C)C)[Si](C)(C)C)C([Si](C)(C)C)[Si](C)(C)C. The second kappa shape index (κ2) is 7.32. The first-order valence-electron chi connectivity index (χ1n) is 9.62. The molecule has 0 aromatic heterocycles. The third kappa shape index (κ3) is 7.08. The fourth-order valence-electron chi connectivity index (χ4n) is 4.49. The summed E-state index contributed by atoms with van der Waals surface area (Å²) < 4.78 is 0. The fourth-order valence-corrected chi connectivity index (χ4v) is 33.6. The van der Waals surface area contributed by atoms with Gasteiger partial charge in [0.2, 0.25) is 0 Å². The van der Waals surface area contributed by atoms with Crippen molar-refractivity contribution in [2.45, 2.75) is 103 Å². The Labute approximate surface area is 159 Å². The minimum Gasteiger partial charge on any atom is -0.136 e. The number of allylic oxidation sites excluding steroid dienone is 1. The van der Waals surface area contributed by atoms with E-state index in [0.717, 1.165) is 5.16 Å². The van der Waals surface area contributed by atoms with Crippen molar-refractivity contribution in [1.29, 1.82) is 0 Å². The average Bonchev–Trinajstić information content (AvgIpc) is 2.13. The van der Waals surface area contributed by atoms with Gasteiger partial charge in [-0.15, -0.1) is 5.73 Å². The van der Waals surface area contributed by atoms with Crippen LogP contribution in [0.3, 0.4) is 0 Å². The highest BCUT2D eigenvalue weighted by atomic mass is 28.4. The van der Waals surface area contributed by atoms with E-state index in [1.165, 1.54) is 0 Å². The van der Waals surface area contributed by atoms with E-state index < -0.39 is 40.4 Å². The van der Waals surface area contributed by atoms with Crippen molar-refractivity contribution in [2.75, 3.05) is 0 Å². The summed E-state index contributed by atoms with van der Waals surface area (Å²) >= 11 is 0. The lowest BCUT2D eigenvalue weighted by atomic mass is 10.6. The normalized spacial score (nSPS) is 14.7. The van der Waals surface area contributed by atoms with Crippen LogP contribution < -0.4 is 0 Å². The van der Waals surface area contributed by atoms with Gasteiger partial charge >= 0.3 is 0 Å². The maximum Gasteiger partial charge on any atom is 0.0819 e. The van der Waals surface area contributed by atoms with Crippen molar-refractivity contribution >= 4 is 40.4 Å². The van der Waals surface area contributed by atoms with Crippen LogP contribution in [0.5, 0.6) is 0 Å². The topological polar surface area (TPSA) is 0 Å². The van der Waals surface area contributed by atoms with E-state index in [4.69, 9.17) is 0 Å². The van der Waals surface area contributed by atoms with E-state index in [1.54, 1.807) is 10.0 Å². The van der Waals surface area contributed by atoms with Crippen LogP contribution in [-0.2, 0) is 0 Å². The minimum atomic E-state index is -1.39. The lowest BCUT2D eigenvalue weighted by Crippen LogP contribution is -2.49. The predicted molar refractivity (Wildman–Crippen MR) is 131 cm³/mol. The third-order valence-electron chi connectivity index (χ3n) is 4.59. The van der Waals surface area contributed by atoms with Crippen LogP contribution in [0.1, 0.15) is 0 Å². The molecule has 142 valence electrons. The second-order valence-corrected chi connectivity index (χ2v) is 39.6. The zero-order valence-corrected chi connectivity index (χ0v) is 24.6. The predicted octanol–water partition coefficient (Wildman–Crippen LogP) is 7.66. The van der Waals surface area contributed by atoms with Gasteiger partial charge in [0.25, 0.3) is 0 Å². The van der Waals surface area contributed by atoms with E-state index in [0.29, 0.717) is 0 Å². The highest BCUT2D eigenvalue weighted by Crippen LogP contribution is 2.42. The maximum atomic E-state index is 4.28. The minimum absolute atomic E-state index is 0.861. The van der Waals surface area contributed by atoms with Crippen LogP contribution in [0.4, 0.5) is 0 Å². The molecule has 0 aliphatic heterocycles. The summed E-state index contributed by atoms with van der Waals surface area (Å²) in [5.74, 6) is 0. The maximum absolute atomic E-state index is 4.28. The smallest absolute Gasteiger partial charge is 0.0819 e. The van der Waals surface area contributed by atoms with Gasteiger partial charge in [-0.05, 0) is 10.4 Å². The van der Waals surface area contributed by atoms with Crippen LogP contribution in [0.25, 0.3) is 0 Å². The van der Waals surface area contributed by atoms with E-state index in [-0.39, 0.29) is 0 Å². The van der Waals surface area contributed by atoms with Crippen molar-refractivity contribution in [3.63, 3.8) is 0 Å². The summed E-state index contributed by atoms with van der Waals surface area (Å²) in [4.78, 5) is 1.79.